The van der Waals surface area contributed by atoms with E-state index in [9.17, 15) is 4.79 Å². The summed E-state index contributed by atoms with van der Waals surface area (Å²) in [6, 6.07) is 0. The molecule has 0 aromatic rings. The van der Waals surface area contributed by atoms with Crippen molar-refractivity contribution in [2.45, 2.75) is 64.3 Å². The Morgan fingerprint density at radius 1 is 1.44 bits per heavy atom. The molecule has 4 atom stereocenters. The van der Waals surface area contributed by atoms with E-state index in [-0.39, 0.29) is 12.0 Å². The molecule has 0 N–H and O–H groups in total. The normalized spacial score (nSPS) is 35.0. The first-order valence-corrected chi connectivity index (χ1v) is 6.44. The quantitative estimate of drug-likeness (QED) is 0.721. The average molecular weight is 226 g/mol. The molecule has 2 saturated heterocycles. The number of hydrogen-bond donors (Lipinski definition) is 0. The van der Waals surface area contributed by atoms with E-state index in [0.29, 0.717) is 18.0 Å². The van der Waals surface area contributed by atoms with Gasteiger partial charge in [-0.3, -0.25) is 4.79 Å². The van der Waals surface area contributed by atoms with Crippen LogP contribution in [-0.4, -0.2) is 30.7 Å². The van der Waals surface area contributed by atoms with Crippen LogP contribution in [0.1, 0.15) is 46.0 Å². The lowest BCUT2D eigenvalue weighted by Crippen LogP contribution is -2.37. The van der Waals surface area contributed by atoms with Crippen LogP contribution >= 0.6 is 0 Å². The topological polar surface area (TPSA) is 35.5 Å². The van der Waals surface area contributed by atoms with Gasteiger partial charge in [0.15, 0.2) is 0 Å². The predicted octanol–water partition coefficient (Wildman–Crippen LogP) is 2.33. The van der Waals surface area contributed by atoms with E-state index in [2.05, 4.69) is 0 Å². The molecule has 3 nitrogen and oxygen atoms in total. The summed E-state index contributed by atoms with van der Waals surface area (Å²) in [5, 5.41) is 0. The van der Waals surface area contributed by atoms with Crippen LogP contribution in [0.5, 0.6) is 0 Å². The van der Waals surface area contributed by atoms with Crippen molar-refractivity contribution in [3.8, 4) is 0 Å². The lowest BCUT2D eigenvalue weighted by atomic mass is 9.97. The number of carbonyl (C=O) groups excluding carboxylic acids is 1. The van der Waals surface area contributed by atoms with Crippen molar-refractivity contribution in [2.75, 3.05) is 6.61 Å². The summed E-state index contributed by atoms with van der Waals surface area (Å²) in [6.45, 7) is 4.45. The van der Waals surface area contributed by atoms with Crippen molar-refractivity contribution in [2.24, 2.45) is 5.92 Å². The van der Waals surface area contributed by atoms with Gasteiger partial charge in [-0.1, -0.05) is 13.3 Å². The minimum atomic E-state index is 0.195. The molecule has 2 aliphatic rings. The molecule has 0 spiro atoms. The monoisotopic (exact) mass is 226 g/mol. The molecule has 0 aliphatic carbocycles. The highest BCUT2D eigenvalue weighted by Crippen LogP contribution is 2.31. The van der Waals surface area contributed by atoms with Gasteiger partial charge in [-0.05, 0) is 32.6 Å². The molecular weight excluding hydrogens is 204 g/mol. The Morgan fingerprint density at radius 3 is 3.00 bits per heavy atom. The van der Waals surface area contributed by atoms with E-state index < -0.39 is 0 Å². The summed E-state index contributed by atoms with van der Waals surface area (Å²) in [4.78, 5) is 11.1. The van der Waals surface area contributed by atoms with E-state index >= 15 is 0 Å². The van der Waals surface area contributed by atoms with Gasteiger partial charge in [0.2, 0.25) is 0 Å². The maximum atomic E-state index is 11.1. The minimum absolute atomic E-state index is 0.195. The van der Waals surface area contributed by atoms with Gasteiger partial charge in [0.1, 0.15) is 5.78 Å². The van der Waals surface area contributed by atoms with Crippen molar-refractivity contribution in [3.63, 3.8) is 0 Å². The minimum Gasteiger partial charge on any atom is -0.373 e. The van der Waals surface area contributed by atoms with E-state index in [1.165, 1.54) is 0 Å². The maximum absolute atomic E-state index is 11.1. The van der Waals surface area contributed by atoms with Gasteiger partial charge in [-0.2, -0.15) is 0 Å². The Kier molecular flexibility index (Phi) is 3.98. The van der Waals surface area contributed by atoms with Crippen LogP contribution in [0, 0.1) is 5.92 Å². The SMILES string of the molecule is CC(=O)C(C)CCCC1OCC2CCC1O2. The molecule has 16 heavy (non-hydrogen) atoms. The van der Waals surface area contributed by atoms with Crippen molar-refractivity contribution in [3.05, 3.63) is 0 Å². The first-order chi connectivity index (χ1) is 7.66. The van der Waals surface area contributed by atoms with Crippen LogP contribution < -0.4 is 0 Å². The Hall–Kier alpha value is -0.410. The van der Waals surface area contributed by atoms with Crippen molar-refractivity contribution in [1.82, 2.24) is 0 Å². The van der Waals surface area contributed by atoms with Crippen LogP contribution in [-0.2, 0) is 14.3 Å². The molecule has 2 heterocycles. The Labute approximate surface area is 97.5 Å². The summed E-state index contributed by atoms with van der Waals surface area (Å²) in [7, 11) is 0. The highest BCUT2D eigenvalue weighted by molar-refractivity contribution is 5.77. The summed E-state index contributed by atoms with van der Waals surface area (Å²) in [5.41, 5.74) is 0. The third kappa shape index (κ3) is 2.83. The number of Topliss-reactive ketones (excluding diaryl/α,β-unsaturated/α-hetero) is 1. The highest BCUT2D eigenvalue weighted by Gasteiger charge is 2.37. The van der Waals surface area contributed by atoms with E-state index in [1.54, 1.807) is 6.92 Å². The Balaban J connectivity index is 1.68. The lowest BCUT2D eigenvalue weighted by Gasteiger charge is -2.29. The molecule has 2 aliphatic heterocycles. The summed E-state index contributed by atoms with van der Waals surface area (Å²) in [5.74, 6) is 0.488. The van der Waals surface area contributed by atoms with Crippen LogP contribution in [0.2, 0.25) is 0 Å². The van der Waals surface area contributed by atoms with Gasteiger partial charge in [0.25, 0.3) is 0 Å². The molecule has 2 fully saturated rings. The van der Waals surface area contributed by atoms with Gasteiger partial charge >= 0.3 is 0 Å². The molecule has 0 amide bonds. The van der Waals surface area contributed by atoms with Crippen LogP contribution in [0.3, 0.4) is 0 Å². The molecule has 0 saturated carbocycles. The highest BCUT2D eigenvalue weighted by atomic mass is 16.6. The van der Waals surface area contributed by atoms with Crippen molar-refractivity contribution < 1.29 is 14.3 Å². The number of fused-ring (bicyclic) bond motifs is 2. The van der Waals surface area contributed by atoms with Crippen LogP contribution in [0.25, 0.3) is 0 Å². The zero-order valence-corrected chi connectivity index (χ0v) is 10.3. The fourth-order valence-corrected chi connectivity index (χ4v) is 2.57. The predicted molar refractivity (Wildman–Crippen MR) is 61.3 cm³/mol. The maximum Gasteiger partial charge on any atom is 0.132 e. The standard InChI is InChI=1S/C13H22O3/c1-9(10(2)14)4-3-5-12-13-7-6-11(16-13)8-15-12/h9,11-13H,3-8H2,1-2H3. The second-order valence-electron chi connectivity index (χ2n) is 5.19. The van der Waals surface area contributed by atoms with E-state index in [1.807, 2.05) is 6.92 Å². The number of hydrogen-bond acceptors (Lipinski definition) is 3. The molecule has 4 unspecified atom stereocenters. The van der Waals surface area contributed by atoms with Crippen molar-refractivity contribution in [1.29, 1.82) is 0 Å². The fourth-order valence-electron chi connectivity index (χ4n) is 2.57. The number of ether oxygens (including phenoxy) is 2. The summed E-state index contributed by atoms with van der Waals surface area (Å²) >= 11 is 0. The third-order valence-electron chi connectivity index (χ3n) is 3.87. The third-order valence-corrected chi connectivity index (χ3v) is 3.87. The number of ketones is 1. The van der Waals surface area contributed by atoms with Gasteiger partial charge in [0, 0.05) is 5.92 Å². The molecule has 2 rings (SSSR count). The van der Waals surface area contributed by atoms with E-state index in [4.69, 9.17) is 9.47 Å². The van der Waals surface area contributed by atoms with Gasteiger partial charge < -0.3 is 9.47 Å². The Bertz CT molecular complexity index is 252. The Morgan fingerprint density at radius 2 is 2.25 bits per heavy atom. The largest absolute Gasteiger partial charge is 0.373 e. The number of rotatable bonds is 5. The lowest BCUT2D eigenvalue weighted by molar-refractivity contribution is -0.148. The van der Waals surface area contributed by atoms with E-state index in [0.717, 1.165) is 38.7 Å². The molecule has 92 valence electrons. The molecule has 0 aromatic carbocycles. The molecule has 0 radical (unpaired) electrons. The second-order valence-corrected chi connectivity index (χ2v) is 5.19. The average Bonchev–Trinajstić information content (AvgIpc) is 2.64. The van der Waals surface area contributed by atoms with Crippen LogP contribution in [0.4, 0.5) is 0 Å². The summed E-state index contributed by atoms with van der Waals surface area (Å²) in [6.07, 6.45) is 6.35. The first-order valence-electron chi connectivity index (χ1n) is 6.44. The second kappa shape index (κ2) is 5.28. The fraction of sp³-hybridized carbons (Fsp3) is 0.923. The smallest absolute Gasteiger partial charge is 0.132 e. The molecule has 2 bridgehead atoms. The van der Waals surface area contributed by atoms with Crippen LogP contribution in [0.15, 0.2) is 0 Å². The van der Waals surface area contributed by atoms with Gasteiger partial charge in [-0.15, -0.1) is 0 Å². The molecular formula is C13H22O3. The summed E-state index contributed by atoms with van der Waals surface area (Å²) < 4.78 is 11.6. The van der Waals surface area contributed by atoms with Gasteiger partial charge in [0.05, 0.1) is 24.9 Å². The molecule has 3 heteroatoms. The zero-order chi connectivity index (χ0) is 11.5. The zero-order valence-electron chi connectivity index (χ0n) is 10.3. The molecule has 0 aromatic heterocycles. The first kappa shape index (κ1) is 12.1. The number of carbonyl (C=O) groups is 1. The van der Waals surface area contributed by atoms with Gasteiger partial charge in [-0.25, -0.2) is 0 Å². The van der Waals surface area contributed by atoms with Crippen molar-refractivity contribution >= 4 is 5.78 Å².